The molecule has 0 unspecified atom stereocenters. The summed E-state index contributed by atoms with van der Waals surface area (Å²) < 4.78 is 4.61. The fraction of sp³-hybridized carbons (Fsp3) is 0.231. The molecule has 0 atom stereocenters. The van der Waals surface area contributed by atoms with Crippen molar-refractivity contribution in [1.29, 1.82) is 5.26 Å². The Balaban J connectivity index is 2.14. The summed E-state index contributed by atoms with van der Waals surface area (Å²) >= 11 is 0. The summed E-state index contributed by atoms with van der Waals surface area (Å²) in [5.41, 5.74) is 1.70. The number of aliphatic hydroxyl groups is 1. The summed E-state index contributed by atoms with van der Waals surface area (Å²) in [7, 11) is 1.33. The first-order valence-electron chi connectivity index (χ1n) is 5.40. The van der Waals surface area contributed by atoms with Gasteiger partial charge in [-0.1, -0.05) is 0 Å². The maximum atomic E-state index is 11.3. The Morgan fingerprint density at radius 3 is 2.56 bits per heavy atom. The normalized spacial score (nSPS) is 14.6. The van der Waals surface area contributed by atoms with Crippen molar-refractivity contribution in [2.24, 2.45) is 0 Å². The van der Waals surface area contributed by atoms with Crippen molar-refractivity contribution in [1.82, 2.24) is 0 Å². The van der Waals surface area contributed by atoms with Crippen LogP contribution in [0.2, 0.25) is 0 Å². The highest BCUT2D eigenvalue weighted by atomic mass is 16.5. The van der Waals surface area contributed by atoms with Gasteiger partial charge in [0.15, 0.2) is 0 Å². The largest absolute Gasteiger partial charge is 0.509 e. The smallest absolute Gasteiger partial charge is 0.337 e. The molecule has 1 aliphatic rings. The van der Waals surface area contributed by atoms with E-state index in [0.29, 0.717) is 24.2 Å². The third-order valence-electron chi connectivity index (χ3n) is 2.83. The second-order valence-electron chi connectivity index (χ2n) is 3.93. The number of aliphatic hydroxyl groups excluding tert-OH is 1. The van der Waals surface area contributed by atoms with Gasteiger partial charge in [0.1, 0.15) is 11.8 Å². The molecule has 0 aromatic heterocycles. The Labute approximate surface area is 105 Å². The molecule has 0 amide bonds. The van der Waals surface area contributed by atoms with Crippen LogP contribution in [0.4, 0.5) is 5.69 Å². The molecule has 1 N–H and O–H groups in total. The molecular formula is C13H12N2O3. The lowest BCUT2D eigenvalue weighted by Crippen LogP contribution is -2.20. The molecule has 0 fully saturated rings. The summed E-state index contributed by atoms with van der Waals surface area (Å²) in [4.78, 5) is 13.1. The van der Waals surface area contributed by atoms with Crippen LogP contribution in [0.3, 0.4) is 0 Å². The highest BCUT2D eigenvalue weighted by Gasteiger charge is 2.21. The van der Waals surface area contributed by atoms with E-state index >= 15 is 0 Å². The van der Waals surface area contributed by atoms with Crippen molar-refractivity contribution >= 4 is 11.7 Å². The van der Waals surface area contributed by atoms with E-state index in [9.17, 15) is 9.90 Å². The topological polar surface area (TPSA) is 73.6 Å². The zero-order valence-corrected chi connectivity index (χ0v) is 9.88. The Hall–Kier alpha value is -2.48. The number of carbonyl (C=O) groups excluding carboxylic acids is 1. The summed E-state index contributed by atoms with van der Waals surface area (Å²) in [6.45, 7) is 0.709. The molecule has 0 saturated heterocycles. The molecule has 0 saturated carbocycles. The van der Waals surface area contributed by atoms with E-state index < -0.39 is 0 Å². The second kappa shape index (κ2) is 4.80. The highest BCUT2D eigenvalue weighted by molar-refractivity contribution is 5.89. The maximum absolute atomic E-state index is 11.3. The van der Waals surface area contributed by atoms with E-state index in [-0.39, 0.29) is 11.7 Å². The van der Waals surface area contributed by atoms with Crippen LogP contribution in [-0.4, -0.2) is 31.3 Å². The SMILES string of the molecule is COC(=O)c1ccc(N2CC(O)=C(C#N)C2)cc1. The van der Waals surface area contributed by atoms with Crippen LogP contribution in [0.15, 0.2) is 35.6 Å². The second-order valence-corrected chi connectivity index (χ2v) is 3.93. The minimum Gasteiger partial charge on any atom is -0.509 e. The Kier molecular flexibility index (Phi) is 3.20. The minimum absolute atomic E-state index is 0.106. The number of hydrogen-bond acceptors (Lipinski definition) is 5. The van der Waals surface area contributed by atoms with Crippen molar-refractivity contribution < 1.29 is 14.6 Å². The molecule has 1 aliphatic heterocycles. The number of anilines is 1. The maximum Gasteiger partial charge on any atom is 0.337 e. The highest BCUT2D eigenvalue weighted by Crippen LogP contribution is 2.23. The van der Waals surface area contributed by atoms with E-state index in [4.69, 9.17) is 5.26 Å². The van der Waals surface area contributed by atoms with Crippen LogP contribution in [0.25, 0.3) is 0 Å². The molecule has 5 nitrogen and oxygen atoms in total. The minimum atomic E-state index is -0.387. The monoisotopic (exact) mass is 244 g/mol. The van der Waals surface area contributed by atoms with Gasteiger partial charge in [-0.3, -0.25) is 0 Å². The summed E-state index contributed by atoms with van der Waals surface area (Å²) in [6, 6.07) is 8.80. The number of ether oxygens (including phenoxy) is 1. The van der Waals surface area contributed by atoms with Gasteiger partial charge in [0, 0.05) is 5.69 Å². The van der Waals surface area contributed by atoms with Crippen LogP contribution in [0.1, 0.15) is 10.4 Å². The first kappa shape index (κ1) is 12.0. The number of nitrogens with zero attached hydrogens (tertiary/aromatic N) is 2. The van der Waals surface area contributed by atoms with Crippen LogP contribution in [0, 0.1) is 11.3 Å². The van der Waals surface area contributed by atoms with Gasteiger partial charge in [0.05, 0.1) is 31.3 Å². The standard InChI is InChI=1S/C13H12N2O3/c1-18-13(17)9-2-4-11(5-3-9)15-7-10(6-14)12(16)8-15/h2-5,16H,7-8H2,1H3. The van der Waals surface area contributed by atoms with E-state index in [2.05, 4.69) is 4.74 Å². The van der Waals surface area contributed by atoms with Crippen molar-refractivity contribution in [2.75, 3.05) is 25.1 Å². The Morgan fingerprint density at radius 2 is 2.06 bits per heavy atom. The van der Waals surface area contributed by atoms with Gasteiger partial charge in [-0.2, -0.15) is 5.26 Å². The molecule has 18 heavy (non-hydrogen) atoms. The molecule has 1 aromatic rings. The molecule has 0 radical (unpaired) electrons. The summed E-state index contributed by atoms with van der Waals surface area (Å²) in [5.74, 6) is -0.281. The molecule has 1 aromatic carbocycles. The predicted octanol–water partition coefficient (Wildman–Crippen LogP) is 1.63. The third-order valence-corrected chi connectivity index (χ3v) is 2.83. The fourth-order valence-electron chi connectivity index (χ4n) is 1.82. The van der Waals surface area contributed by atoms with Gasteiger partial charge in [-0.05, 0) is 24.3 Å². The number of benzene rings is 1. The average Bonchev–Trinajstić information content (AvgIpc) is 2.79. The van der Waals surface area contributed by atoms with Crippen molar-refractivity contribution in [3.8, 4) is 6.07 Å². The molecule has 2 rings (SSSR count). The molecule has 5 heteroatoms. The van der Waals surface area contributed by atoms with Gasteiger partial charge >= 0.3 is 5.97 Å². The van der Waals surface area contributed by atoms with Crippen LogP contribution >= 0.6 is 0 Å². The third kappa shape index (κ3) is 2.13. The Bertz CT molecular complexity index is 540. The van der Waals surface area contributed by atoms with E-state index in [1.165, 1.54) is 7.11 Å². The predicted molar refractivity (Wildman–Crippen MR) is 65.3 cm³/mol. The molecule has 0 aliphatic carbocycles. The van der Waals surface area contributed by atoms with E-state index in [0.717, 1.165) is 5.69 Å². The first-order valence-corrected chi connectivity index (χ1v) is 5.40. The van der Waals surface area contributed by atoms with Gasteiger partial charge in [-0.25, -0.2) is 4.79 Å². The number of methoxy groups -OCH3 is 1. The lowest BCUT2D eigenvalue weighted by Gasteiger charge is -2.17. The van der Waals surface area contributed by atoms with E-state index in [1.807, 2.05) is 11.0 Å². The zero-order valence-electron chi connectivity index (χ0n) is 9.88. The molecule has 1 heterocycles. The number of hydrogen-bond donors (Lipinski definition) is 1. The van der Waals surface area contributed by atoms with Gasteiger partial charge < -0.3 is 14.7 Å². The van der Waals surface area contributed by atoms with Crippen molar-refractivity contribution in [3.05, 3.63) is 41.2 Å². The van der Waals surface area contributed by atoms with Gasteiger partial charge in [0.25, 0.3) is 0 Å². The van der Waals surface area contributed by atoms with Crippen LogP contribution in [0.5, 0.6) is 0 Å². The quantitative estimate of drug-likeness (QED) is 0.800. The van der Waals surface area contributed by atoms with Crippen LogP contribution in [-0.2, 0) is 4.74 Å². The fourth-order valence-corrected chi connectivity index (χ4v) is 1.82. The van der Waals surface area contributed by atoms with Gasteiger partial charge in [0.2, 0.25) is 0 Å². The Morgan fingerprint density at radius 1 is 1.39 bits per heavy atom. The van der Waals surface area contributed by atoms with Crippen LogP contribution < -0.4 is 4.90 Å². The number of nitriles is 1. The summed E-state index contributed by atoms with van der Waals surface area (Å²) in [6.07, 6.45) is 0. The number of carbonyl (C=O) groups is 1. The molecule has 0 spiro atoms. The average molecular weight is 244 g/mol. The molecule has 92 valence electrons. The number of esters is 1. The molecule has 0 bridgehead atoms. The van der Waals surface area contributed by atoms with Crippen molar-refractivity contribution in [3.63, 3.8) is 0 Å². The summed E-state index contributed by atoms with van der Waals surface area (Å²) in [5, 5.41) is 18.3. The zero-order chi connectivity index (χ0) is 13.1. The lowest BCUT2D eigenvalue weighted by atomic mass is 10.2. The van der Waals surface area contributed by atoms with Crippen molar-refractivity contribution in [2.45, 2.75) is 0 Å². The molecular weight excluding hydrogens is 232 g/mol. The van der Waals surface area contributed by atoms with Gasteiger partial charge in [-0.15, -0.1) is 0 Å². The van der Waals surface area contributed by atoms with E-state index in [1.54, 1.807) is 24.3 Å². The number of rotatable bonds is 2. The lowest BCUT2D eigenvalue weighted by molar-refractivity contribution is 0.0601. The first-order chi connectivity index (χ1) is 8.65.